The molecule has 22 heavy (non-hydrogen) atoms. The van der Waals surface area contributed by atoms with Gasteiger partial charge >= 0.3 is 0 Å². The zero-order valence-corrected chi connectivity index (χ0v) is 12.9. The minimum atomic E-state index is 0.146. The van der Waals surface area contributed by atoms with Crippen molar-refractivity contribution in [2.75, 3.05) is 11.7 Å². The van der Waals surface area contributed by atoms with Gasteiger partial charge in [-0.15, -0.1) is 5.92 Å². The van der Waals surface area contributed by atoms with E-state index in [1.165, 1.54) is 5.56 Å². The van der Waals surface area contributed by atoms with Crippen LogP contribution < -0.4 is 5.06 Å². The van der Waals surface area contributed by atoms with Crippen LogP contribution in [0.4, 0.5) is 5.69 Å². The van der Waals surface area contributed by atoms with Crippen LogP contribution in [0.25, 0.3) is 0 Å². The molecule has 112 valence electrons. The molecule has 2 aromatic carbocycles. The number of anilines is 1. The summed E-state index contributed by atoms with van der Waals surface area (Å²) in [7, 11) is 0. The molecule has 1 saturated heterocycles. The molecule has 2 atom stereocenters. The predicted octanol–water partition coefficient (Wildman–Crippen LogP) is 4.60. The summed E-state index contributed by atoms with van der Waals surface area (Å²) in [6, 6.07) is 20.9. The summed E-state index contributed by atoms with van der Waals surface area (Å²) in [6.07, 6.45) is 2.04. The third-order valence-electron chi connectivity index (χ3n) is 3.84. The van der Waals surface area contributed by atoms with Crippen LogP contribution in [0.3, 0.4) is 0 Å². The maximum absolute atomic E-state index is 5.98. The number of benzene rings is 2. The summed E-state index contributed by atoms with van der Waals surface area (Å²) in [6.45, 7) is 2.80. The standard InChI is InChI=1S/C20H21NO/c1-2-3-6-13-18-16-22-21(19-14-9-5-10-15-19)20(18)17-11-7-4-8-12-17/h4-5,7-12,14-15,18,20H,2-3,16H2,1H3/t18-,20+/m0/s1. The van der Waals surface area contributed by atoms with E-state index in [0.717, 1.165) is 18.5 Å². The molecule has 0 spiro atoms. The summed E-state index contributed by atoms with van der Waals surface area (Å²) >= 11 is 0. The van der Waals surface area contributed by atoms with Crippen molar-refractivity contribution >= 4 is 5.69 Å². The fraction of sp³-hybridized carbons (Fsp3) is 0.300. The van der Waals surface area contributed by atoms with E-state index in [1.54, 1.807) is 0 Å². The van der Waals surface area contributed by atoms with Gasteiger partial charge in [-0.2, -0.15) is 0 Å². The minimum Gasteiger partial charge on any atom is -0.271 e. The van der Waals surface area contributed by atoms with E-state index in [9.17, 15) is 0 Å². The lowest BCUT2D eigenvalue weighted by molar-refractivity contribution is 0.156. The maximum atomic E-state index is 5.98. The number of unbranched alkanes of at least 4 members (excludes halogenated alkanes) is 1. The van der Waals surface area contributed by atoms with Gasteiger partial charge in [-0.3, -0.25) is 4.84 Å². The molecule has 3 rings (SSSR count). The van der Waals surface area contributed by atoms with Crippen molar-refractivity contribution in [2.45, 2.75) is 25.8 Å². The minimum absolute atomic E-state index is 0.146. The lowest BCUT2D eigenvalue weighted by Gasteiger charge is -2.26. The van der Waals surface area contributed by atoms with Crippen molar-refractivity contribution in [3.63, 3.8) is 0 Å². The monoisotopic (exact) mass is 291 g/mol. The molecule has 2 heteroatoms. The third-order valence-corrected chi connectivity index (χ3v) is 3.84. The van der Waals surface area contributed by atoms with E-state index in [-0.39, 0.29) is 12.0 Å². The van der Waals surface area contributed by atoms with E-state index >= 15 is 0 Å². The molecule has 0 saturated carbocycles. The van der Waals surface area contributed by atoms with E-state index in [1.807, 2.05) is 29.3 Å². The average molecular weight is 291 g/mol. The Kier molecular flexibility index (Phi) is 4.78. The van der Waals surface area contributed by atoms with Crippen LogP contribution in [-0.4, -0.2) is 6.61 Å². The van der Waals surface area contributed by atoms with Crippen molar-refractivity contribution in [2.24, 2.45) is 5.92 Å². The summed E-state index contributed by atoms with van der Waals surface area (Å²) in [4.78, 5) is 5.98. The molecular formula is C20H21NO. The summed E-state index contributed by atoms with van der Waals surface area (Å²) in [5.41, 5.74) is 2.33. The Morgan fingerprint density at radius 1 is 1.05 bits per heavy atom. The topological polar surface area (TPSA) is 12.5 Å². The summed E-state index contributed by atoms with van der Waals surface area (Å²) in [5.74, 6) is 6.91. The molecular weight excluding hydrogens is 270 g/mol. The number of para-hydroxylation sites is 1. The van der Waals surface area contributed by atoms with Crippen LogP contribution in [-0.2, 0) is 4.84 Å². The molecule has 1 fully saturated rings. The predicted molar refractivity (Wildman–Crippen MR) is 90.2 cm³/mol. The first kappa shape index (κ1) is 14.7. The lowest BCUT2D eigenvalue weighted by Crippen LogP contribution is -2.23. The Morgan fingerprint density at radius 2 is 1.73 bits per heavy atom. The Morgan fingerprint density at radius 3 is 2.41 bits per heavy atom. The largest absolute Gasteiger partial charge is 0.271 e. The number of nitrogens with zero attached hydrogens (tertiary/aromatic N) is 1. The van der Waals surface area contributed by atoms with Gasteiger partial charge in [-0.25, -0.2) is 5.06 Å². The van der Waals surface area contributed by atoms with Gasteiger partial charge in [-0.05, 0) is 24.1 Å². The molecule has 0 radical (unpaired) electrons. The quantitative estimate of drug-likeness (QED) is 0.766. The Labute approximate surface area is 132 Å². The highest BCUT2D eigenvalue weighted by atomic mass is 16.7. The average Bonchev–Trinajstić information content (AvgIpc) is 3.01. The highest BCUT2D eigenvalue weighted by Crippen LogP contribution is 2.38. The molecule has 2 aromatic rings. The van der Waals surface area contributed by atoms with Gasteiger partial charge in [0, 0.05) is 6.42 Å². The number of rotatable bonds is 3. The molecule has 1 heterocycles. The van der Waals surface area contributed by atoms with Crippen LogP contribution in [0.1, 0.15) is 31.4 Å². The van der Waals surface area contributed by atoms with Crippen LogP contribution in [0.15, 0.2) is 60.7 Å². The van der Waals surface area contributed by atoms with E-state index in [0.29, 0.717) is 6.61 Å². The van der Waals surface area contributed by atoms with Gasteiger partial charge in [0.05, 0.1) is 24.3 Å². The fourth-order valence-electron chi connectivity index (χ4n) is 2.77. The molecule has 0 bridgehead atoms. The SMILES string of the molecule is CCCC#C[C@H]1CON(c2ccccc2)[C@@H]1c1ccccc1. The molecule has 0 aliphatic carbocycles. The van der Waals surface area contributed by atoms with Crippen LogP contribution >= 0.6 is 0 Å². The van der Waals surface area contributed by atoms with Gasteiger partial charge < -0.3 is 0 Å². The molecule has 0 N–H and O–H groups in total. The number of hydrogen-bond acceptors (Lipinski definition) is 2. The van der Waals surface area contributed by atoms with Gasteiger partial charge in [0.25, 0.3) is 0 Å². The van der Waals surface area contributed by atoms with Crippen molar-refractivity contribution < 1.29 is 4.84 Å². The zero-order valence-electron chi connectivity index (χ0n) is 12.9. The van der Waals surface area contributed by atoms with Crippen molar-refractivity contribution in [3.8, 4) is 11.8 Å². The number of hydroxylamine groups is 1. The first-order chi connectivity index (χ1) is 10.9. The van der Waals surface area contributed by atoms with Gasteiger partial charge in [0.2, 0.25) is 0 Å². The third kappa shape index (κ3) is 3.16. The second kappa shape index (κ2) is 7.15. The van der Waals surface area contributed by atoms with Gasteiger partial charge in [0.1, 0.15) is 0 Å². The smallest absolute Gasteiger partial charge is 0.0975 e. The second-order valence-corrected chi connectivity index (χ2v) is 5.49. The van der Waals surface area contributed by atoms with Crippen LogP contribution in [0, 0.1) is 17.8 Å². The second-order valence-electron chi connectivity index (χ2n) is 5.49. The van der Waals surface area contributed by atoms with Gasteiger partial charge in [0.15, 0.2) is 0 Å². The molecule has 0 amide bonds. The normalized spacial score (nSPS) is 20.5. The number of hydrogen-bond donors (Lipinski definition) is 0. The maximum Gasteiger partial charge on any atom is 0.0975 e. The zero-order chi connectivity index (χ0) is 15.2. The highest BCUT2D eigenvalue weighted by molar-refractivity contribution is 5.48. The first-order valence-electron chi connectivity index (χ1n) is 7.90. The Hall–Kier alpha value is -2.24. The van der Waals surface area contributed by atoms with Crippen molar-refractivity contribution in [3.05, 3.63) is 66.2 Å². The fourth-order valence-corrected chi connectivity index (χ4v) is 2.77. The molecule has 0 unspecified atom stereocenters. The molecule has 1 aliphatic heterocycles. The van der Waals surface area contributed by atoms with E-state index in [4.69, 9.17) is 4.84 Å². The Bertz CT molecular complexity index is 642. The lowest BCUT2D eigenvalue weighted by atomic mass is 9.94. The first-order valence-corrected chi connectivity index (χ1v) is 7.90. The van der Waals surface area contributed by atoms with Crippen molar-refractivity contribution in [1.29, 1.82) is 0 Å². The summed E-state index contributed by atoms with van der Waals surface area (Å²) < 4.78 is 0. The summed E-state index contributed by atoms with van der Waals surface area (Å²) in [5, 5.41) is 2.01. The van der Waals surface area contributed by atoms with E-state index in [2.05, 4.69) is 55.2 Å². The van der Waals surface area contributed by atoms with Crippen LogP contribution in [0.2, 0.25) is 0 Å². The Balaban J connectivity index is 1.93. The molecule has 2 nitrogen and oxygen atoms in total. The van der Waals surface area contributed by atoms with Gasteiger partial charge in [-0.1, -0.05) is 61.4 Å². The van der Waals surface area contributed by atoms with E-state index < -0.39 is 0 Å². The molecule has 0 aromatic heterocycles. The van der Waals surface area contributed by atoms with Crippen molar-refractivity contribution in [1.82, 2.24) is 0 Å². The highest BCUT2D eigenvalue weighted by Gasteiger charge is 2.36. The molecule has 1 aliphatic rings. The van der Waals surface area contributed by atoms with Crippen LogP contribution in [0.5, 0.6) is 0 Å².